The fraction of sp³-hybridized carbons (Fsp3) is 0.739. The lowest BCUT2D eigenvalue weighted by Gasteiger charge is -2.43. The number of aliphatic hydroxyl groups excluding tert-OH is 1. The van der Waals surface area contributed by atoms with E-state index in [1.165, 1.54) is 31.4 Å². The van der Waals surface area contributed by atoms with Crippen LogP contribution in [0, 0.1) is 22.6 Å². The number of hydrogen-bond acceptors (Lipinski definition) is 4. The number of ether oxygens (including phenoxy) is 1. The van der Waals surface area contributed by atoms with Gasteiger partial charge in [0.05, 0.1) is 18.8 Å². The Morgan fingerprint density at radius 3 is 2.43 bits per heavy atom. The summed E-state index contributed by atoms with van der Waals surface area (Å²) in [6, 6.07) is 6.71. The van der Waals surface area contributed by atoms with Gasteiger partial charge in [-0.15, -0.1) is 0 Å². The number of rotatable bonds is 6. The minimum Gasteiger partial charge on any atom is -0.389 e. The van der Waals surface area contributed by atoms with Crippen LogP contribution in [-0.2, 0) is 4.74 Å². The number of halogens is 1. The van der Waals surface area contributed by atoms with E-state index in [2.05, 4.69) is 30.6 Å². The van der Waals surface area contributed by atoms with E-state index < -0.39 is 6.10 Å². The zero-order valence-electron chi connectivity index (χ0n) is 17.5. The number of hydrogen-bond donors (Lipinski definition) is 1. The third-order valence-electron chi connectivity index (χ3n) is 7.63. The first-order valence-electron chi connectivity index (χ1n) is 10.8. The van der Waals surface area contributed by atoms with Crippen molar-refractivity contribution in [2.24, 2.45) is 16.7 Å². The Bertz CT molecular complexity index is 667. The summed E-state index contributed by atoms with van der Waals surface area (Å²) in [5.74, 6) is 0.567. The Morgan fingerprint density at radius 1 is 1.14 bits per heavy atom. The summed E-state index contributed by atoms with van der Waals surface area (Å²) in [7, 11) is 0. The SMILES string of the molecule is CC1(C)[C@H]2CC[C@](C)(C2)[C@H]1OC[C@@H](O)CN1CCN(c2ccc(F)cc2)CC1. The monoisotopic (exact) mass is 390 g/mol. The van der Waals surface area contributed by atoms with E-state index in [0.717, 1.165) is 37.8 Å². The molecule has 2 bridgehead atoms. The highest BCUT2D eigenvalue weighted by Crippen LogP contribution is 2.63. The van der Waals surface area contributed by atoms with Crippen LogP contribution < -0.4 is 4.90 Å². The van der Waals surface area contributed by atoms with Gasteiger partial charge in [0, 0.05) is 38.4 Å². The molecule has 4 atom stereocenters. The first-order chi connectivity index (χ1) is 13.3. The molecule has 1 heterocycles. The van der Waals surface area contributed by atoms with Crippen molar-refractivity contribution in [3.05, 3.63) is 30.1 Å². The van der Waals surface area contributed by atoms with Gasteiger partial charge in [0.1, 0.15) is 5.82 Å². The number of β-amino-alcohol motifs (C(OH)–C–C–N with tert-alkyl or cyclic N) is 1. The molecule has 28 heavy (non-hydrogen) atoms. The fourth-order valence-electron chi connectivity index (χ4n) is 6.07. The molecular weight excluding hydrogens is 355 g/mol. The van der Waals surface area contributed by atoms with Gasteiger partial charge in [-0.3, -0.25) is 4.90 Å². The predicted molar refractivity (Wildman–Crippen MR) is 110 cm³/mol. The maximum Gasteiger partial charge on any atom is 0.123 e. The highest BCUT2D eigenvalue weighted by atomic mass is 19.1. The minimum atomic E-state index is -0.448. The molecule has 0 aromatic heterocycles. The molecule has 2 saturated carbocycles. The molecule has 0 spiro atoms. The molecule has 3 fully saturated rings. The zero-order valence-corrected chi connectivity index (χ0v) is 17.5. The Morgan fingerprint density at radius 2 is 1.82 bits per heavy atom. The highest BCUT2D eigenvalue weighted by Gasteiger charge is 2.60. The molecule has 0 unspecified atom stereocenters. The van der Waals surface area contributed by atoms with Gasteiger partial charge in [-0.2, -0.15) is 0 Å². The van der Waals surface area contributed by atoms with Crippen LogP contribution in [0.25, 0.3) is 0 Å². The highest BCUT2D eigenvalue weighted by molar-refractivity contribution is 5.46. The molecular formula is C23H35FN2O2. The summed E-state index contributed by atoms with van der Waals surface area (Å²) in [6.07, 6.45) is 3.66. The van der Waals surface area contributed by atoms with Gasteiger partial charge in [0.2, 0.25) is 0 Å². The van der Waals surface area contributed by atoms with Crippen molar-refractivity contribution in [2.75, 3.05) is 44.2 Å². The first kappa shape index (κ1) is 20.1. The van der Waals surface area contributed by atoms with Crippen LogP contribution >= 0.6 is 0 Å². The van der Waals surface area contributed by atoms with Crippen molar-refractivity contribution in [3.8, 4) is 0 Å². The topological polar surface area (TPSA) is 35.9 Å². The first-order valence-corrected chi connectivity index (χ1v) is 10.8. The van der Waals surface area contributed by atoms with Gasteiger partial charge in [-0.1, -0.05) is 20.8 Å². The smallest absolute Gasteiger partial charge is 0.123 e. The molecule has 3 aliphatic rings. The maximum atomic E-state index is 13.1. The van der Waals surface area contributed by atoms with Crippen molar-refractivity contribution in [1.82, 2.24) is 4.90 Å². The van der Waals surface area contributed by atoms with Crippen LogP contribution in [0.15, 0.2) is 24.3 Å². The molecule has 4 rings (SSSR count). The number of benzene rings is 1. The molecule has 1 aromatic carbocycles. The second-order valence-electron chi connectivity index (χ2n) is 10.0. The summed E-state index contributed by atoms with van der Waals surface area (Å²) in [6.45, 7) is 11.7. The Balaban J connectivity index is 1.23. The largest absolute Gasteiger partial charge is 0.389 e. The summed E-state index contributed by atoms with van der Waals surface area (Å²) in [5, 5.41) is 10.6. The van der Waals surface area contributed by atoms with Crippen LogP contribution in [0.5, 0.6) is 0 Å². The van der Waals surface area contributed by atoms with Crippen LogP contribution in [0.3, 0.4) is 0 Å². The fourth-order valence-corrected chi connectivity index (χ4v) is 6.07. The van der Waals surface area contributed by atoms with E-state index in [4.69, 9.17) is 4.74 Å². The molecule has 1 N–H and O–H groups in total. The lowest BCUT2D eigenvalue weighted by Crippen LogP contribution is -2.50. The molecule has 156 valence electrons. The van der Waals surface area contributed by atoms with E-state index in [9.17, 15) is 9.50 Å². The third-order valence-corrected chi connectivity index (χ3v) is 7.63. The molecule has 0 amide bonds. The van der Waals surface area contributed by atoms with Gasteiger partial charge in [0.25, 0.3) is 0 Å². The minimum absolute atomic E-state index is 0.196. The lowest BCUT2D eigenvalue weighted by atomic mass is 9.70. The van der Waals surface area contributed by atoms with Gasteiger partial charge >= 0.3 is 0 Å². The molecule has 0 radical (unpaired) electrons. The molecule has 4 nitrogen and oxygen atoms in total. The normalized spacial score (nSPS) is 33.4. The van der Waals surface area contributed by atoms with Crippen LogP contribution in [0.1, 0.15) is 40.0 Å². The van der Waals surface area contributed by atoms with E-state index in [0.29, 0.717) is 13.2 Å². The van der Waals surface area contributed by atoms with Crippen molar-refractivity contribution in [2.45, 2.75) is 52.2 Å². The van der Waals surface area contributed by atoms with Crippen LogP contribution in [-0.4, -0.2) is 61.5 Å². The molecule has 1 aromatic rings. The summed E-state index contributed by atoms with van der Waals surface area (Å²) in [4.78, 5) is 4.58. The number of piperazine rings is 1. The lowest BCUT2D eigenvalue weighted by molar-refractivity contribution is -0.113. The Labute approximate surface area is 168 Å². The quantitative estimate of drug-likeness (QED) is 0.806. The van der Waals surface area contributed by atoms with E-state index in [-0.39, 0.29) is 22.8 Å². The zero-order chi connectivity index (χ0) is 19.9. The van der Waals surface area contributed by atoms with Crippen molar-refractivity contribution in [1.29, 1.82) is 0 Å². The van der Waals surface area contributed by atoms with E-state index >= 15 is 0 Å². The molecule has 1 saturated heterocycles. The third kappa shape index (κ3) is 3.81. The van der Waals surface area contributed by atoms with Gasteiger partial charge < -0.3 is 14.7 Å². The van der Waals surface area contributed by atoms with E-state index in [1.54, 1.807) is 0 Å². The molecule has 2 aliphatic carbocycles. The summed E-state index contributed by atoms with van der Waals surface area (Å²) < 4.78 is 19.4. The van der Waals surface area contributed by atoms with Crippen molar-refractivity contribution >= 4 is 5.69 Å². The Kier molecular flexibility index (Phi) is 5.45. The average molecular weight is 391 g/mol. The number of fused-ring (bicyclic) bond motifs is 2. The van der Waals surface area contributed by atoms with Gasteiger partial charge in [-0.25, -0.2) is 4.39 Å². The van der Waals surface area contributed by atoms with Crippen molar-refractivity contribution < 1.29 is 14.2 Å². The average Bonchev–Trinajstić information content (AvgIpc) is 3.14. The van der Waals surface area contributed by atoms with Crippen LogP contribution in [0.4, 0.5) is 10.1 Å². The summed E-state index contributed by atoms with van der Waals surface area (Å²) in [5.41, 5.74) is 1.57. The predicted octanol–water partition coefficient (Wildman–Crippen LogP) is 3.54. The second-order valence-corrected chi connectivity index (χ2v) is 10.0. The number of aliphatic hydroxyl groups is 1. The van der Waals surface area contributed by atoms with Crippen LogP contribution in [0.2, 0.25) is 0 Å². The van der Waals surface area contributed by atoms with Gasteiger partial charge in [-0.05, 0) is 60.3 Å². The standard InChI is InChI=1S/C23H35FN2O2/c1-22(2)17-8-9-23(3,14-17)21(22)28-16-20(27)15-25-10-12-26(13-11-25)19-6-4-18(24)5-7-19/h4-7,17,20-21,27H,8-16H2,1-3H3/t17-,20-,21-,23+/m0/s1. The maximum absolute atomic E-state index is 13.1. The van der Waals surface area contributed by atoms with E-state index in [1.807, 2.05) is 12.1 Å². The number of anilines is 1. The van der Waals surface area contributed by atoms with Crippen molar-refractivity contribution in [3.63, 3.8) is 0 Å². The molecule has 1 aliphatic heterocycles. The number of nitrogens with zero attached hydrogens (tertiary/aromatic N) is 2. The second kappa shape index (κ2) is 7.58. The van der Waals surface area contributed by atoms with Gasteiger partial charge in [0.15, 0.2) is 0 Å². The summed E-state index contributed by atoms with van der Waals surface area (Å²) >= 11 is 0. The molecule has 5 heteroatoms. The Hall–Kier alpha value is -1.17.